The van der Waals surface area contributed by atoms with Crippen molar-refractivity contribution in [1.29, 1.82) is 0 Å². The Morgan fingerprint density at radius 3 is 2.78 bits per heavy atom. The number of thiol groups is 1. The first kappa shape index (κ1) is 6.35. The first-order valence-corrected chi connectivity index (χ1v) is 2.88. The Labute approximate surface area is 57.7 Å². The van der Waals surface area contributed by atoms with Crippen molar-refractivity contribution in [3.8, 4) is 0 Å². The Morgan fingerprint density at radius 1 is 1.67 bits per heavy atom. The lowest BCUT2D eigenvalue weighted by Gasteiger charge is -1.92. The minimum Gasteiger partial charge on any atom is -0.268 e. The molecule has 1 heterocycles. The summed E-state index contributed by atoms with van der Waals surface area (Å²) in [6.45, 7) is 0. The van der Waals surface area contributed by atoms with Crippen molar-refractivity contribution in [1.82, 2.24) is 9.78 Å². The number of aryl methyl sites for hydroxylation is 1. The third-order valence-corrected chi connectivity index (χ3v) is 1.18. The third kappa shape index (κ3) is 1.32. The SMILES string of the molecule is Cn1nc(S)ccc1=O. The Balaban J connectivity index is 3.34. The summed E-state index contributed by atoms with van der Waals surface area (Å²) in [4.78, 5) is 10.6. The van der Waals surface area contributed by atoms with Crippen LogP contribution >= 0.6 is 12.6 Å². The maximum atomic E-state index is 10.6. The van der Waals surface area contributed by atoms with E-state index in [1.807, 2.05) is 0 Å². The fourth-order valence-corrected chi connectivity index (χ4v) is 0.699. The van der Waals surface area contributed by atoms with Crippen LogP contribution in [-0.4, -0.2) is 9.78 Å². The van der Waals surface area contributed by atoms with Crippen LogP contribution in [0.1, 0.15) is 0 Å². The van der Waals surface area contributed by atoms with Gasteiger partial charge in [0.25, 0.3) is 5.56 Å². The summed E-state index contributed by atoms with van der Waals surface area (Å²) in [5.74, 6) is 0. The summed E-state index contributed by atoms with van der Waals surface area (Å²) in [7, 11) is 1.59. The van der Waals surface area contributed by atoms with E-state index >= 15 is 0 Å². The molecule has 1 aromatic heterocycles. The Hall–Kier alpha value is -0.770. The van der Waals surface area contributed by atoms with Crippen LogP contribution in [0.5, 0.6) is 0 Å². The van der Waals surface area contributed by atoms with Crippen LogP contribution in [0.15, 0.2) is 22.0 Å². The lowest BCUT2D eigenvalue weighted by atomic mass is 10.6. The highest BCUT2D eigenvalue weighted by Crippen LogP contribution is 1.92. The summed E-state index contributed by atoms with van der Waals surface area (Å²) in [5, 5.41) is 4.29. The molecule has 3 nitrogen and oxygen atoms in total. The third-order valence-electron chi connectivity index (χ3n) is 0.946. The van der Waals surface area contributed by atoms with E-state index in [1.165, 1.54) is 10.7 Å². The number of aromatic nitrogens is 2. The van der Waals surface area contributed by atoms with Crippen LogP contribution < -0.4 is 5.56 Å². The summed E-state index contributed by atoms with van der Waals surface area (Å²) in [5.41, 5.74) is -0.118. The molecule has 0 bridgehead atoms. The van der Waals surface area contributed by atoms with E-state index in [-0.39, 0.29) is 5.56 Å². The van der Waals surface area contributed by atoms with Gasteiger partial charge in [-0.1, -0.05) is 0 Å². The lowest BCUT2D eigenvalue weighted by Crippen LogP contribution is -2.17. The van der Waals surface area contributed by atoms with E-state index in [1.54, 1.807) is 13.1 Å². The molecule has 9 heavy (non-hydrogen) atoms. The molecule has 0 aromatic carbocycles. The van der Waals surface area contributed by atoms with Gasteiger partial charge in [-0.05, 0) is 6.07 Å². The minimum atomic E-state index is -0.118. The quantitative estimate of drug-likeness (QED) is 0.520. The summed E-state index contributed by atoms with van der Waals surface area (Å²) in [6, 6.07) is 2.99. The highest BCUT2D eigenvalue weighted by molar-refractivity contribution is 7.80. The molecule has 4 heteroatoms. The van der Waals surface area contributed by atoms with Crippen molar-refractivity contribution in [2.24, 2.45) is 7.05 Å². The minimum absolute atomic E-state index is 0.118. The summed E-state index contributed by atoms with van der Waals surface area (Å²) in [6.07, 6.45) is 0. The normalized spacial score (nSPS) is 9.56. The standard InChI is InChI=1S/C5H6N2OS/c1-7-5(8)3-2-4(9)6-7/h2-3H,1H3,(H,6,9). The van der Waals surface area contributed by atoms with Gasteiger partial charge in [-0.15, -0.1) is 12.6 Å². The predicted molar refractivity (Wildman–Crippen MR) is 36.7 cm³/mol. The van der Waals surface area contributed by atoms with Crippen LogP contribution in [0.2, 0.25) is 0 Å². The van der Waals surface area contributed by atoms with E-state index in [4.69, 9.17) is 0 Å². The number of nitrogens with zero attached hydrogens (tertiary/aromatic N) is 2. The van der Waals surface area contributed by atoms with E-state index in [0.29, 0.717) is 5.03 Å². The summed E-state index contributed by atoms with van der Waals surface area (Å²) < 4.78 is 1.24. The Kier molecular flexibility index (Phi) is 1.57. The molecule has 48 valence electrons. The number of hydrogen-bond donors (Lipinski definition) is 1. The van der Waals surface area contributed by atoms with Crippen LogP contribution in [0.4, 0.5) is 0 Å². The molecule has 0 aliphatic rings. The number of hydrogen-bond acceptors (Lipinski definition) is 3. The fourth-order valence-electron chi connectivity index (χ4n) is 0.490. The van der Waals surface area contributed by atoms with E-state index < -0.39 is 0 Å². The zero-order valence-corrected chi connectivity index (χ0v) is 5.80. The van der Waals surface area contributed by atoms with E-state index in [9.17, 15) is 4.79 Å². The van der Waals surface area contributed by atoms with Crippen molar-refractivity contribution in [3.63, 3.8) is 0 Å². The second kappa shape index (κ2) is 2.23. The molecule has 0 amide bonds. The van der Waals surface area contributed by atoms with Crippen molar-refractivity contribution < 1.29 is 0 Å². The smallest absolute Gasteiger partial charge is 0.266 e. The molecule has 0 aliphatic heterocycles. The highest BCUT2D eigenvalue weighted by atomic mass is 32.1. The molecule has 1 rings (SSSR count). The second-order valence-electron chi connectivity index (χ2n) is 1.65. The zero-order valence-electron chi connectivity index (χ0n) is 4.90. The van der Waals surface area contributed by atoms with Crippen LogP contribution in [0.3, 0.4) is 0 Å². The van der Waals surface area contributed by atoms with Crippen LogP contribution in [0, 0.1) is 0 Å². The van der Waals surface area contributed by atoms with Gasteiger partial charge in [-0.25, -0.2) is 4.68 Å². The first-order chi connectivity index (χ1) is 4.20. The van der Waals surface area contributed by atoms with Crippen molar-refractivity contribution in [2.45, 2.75) is 5.03 Å². The van der Waals surface area contributed by atoms with Crippen LogP contribution in [-0.2, 0) is 7.05 Å². The largest absolute Gasteiger partial charge is 0.268 e. The van der Waals surface area contributed by atoms with Crippen molar-refractivity contribution in [3.05, 3.63) is 22.5 Å². The van der Waals surface area contributed by atoms with E-state index in [0.717, 1.165) is 0 Å². The average Bonchev–Trinajstić information content (AvgIpc) is 1.80. The Bertz CT molecular complexity index is 268. The predicted octanol–water partition coefficient (Wildman–Crippen LogP) is 0.0690. The van der Waals surface area contributed by atoms with Gasteiger partial charge in [0, 0.05) is 13.1 Å². The highest BCUT2D eigenvalue weighted by Gasteiger charge is 1.88. The molecule has 0 saturated carbocycles. The molecule has 0 atom stereocenters. The maximum absolute atomic E-state index is 10.6. The van der Waals surface area contributed by atoms with Crippen LogP contribution in [0.25, 0.3) is 0 Å². The molecule has 0 fully saturated rings. The molecular formula is C5H6N2OS. The lowest BCUT2D eigenvalue weighted by molar-refractivity contribution is 0.669. The molecule has 0 aliphatic carbocycles. The van der Waals surface area contributed by atoms with Gasteiger partial charge < -0.3 is 0 Å². The summed E-state index contributed by atoms with van der Waals surface area (Å²) >= 11 is 3.93. The van der Waals surface area contributed by atoms with Gasteiger partial charge in [-0.3, -0.25) is 4.79 Å². The maximum Gasteiger partial charge on any atom is 0.266 e. The van der Waals surface area contributed by atoms with E-state index in [2.05, 4.69) is 17.7 Å². The molecule has 1 aromatic rings. The van der Waals surface area contributed by atoms with Crippen molar-refractivity contribution in [2.75, 3.05) is 0 Å². The molecule has 0 unspecified atom stereocenters. The number of rotatable bonds is 0. The first-order valence-electron chi connectivity index (χ1n) is 2.43. The molecular weight excluding hydrogens is 136 g/mol. The van der Waals surface area contributed by atoms with Gasteiger partial charge in [0.15, 0.2) is 0 Å². The Morgan fingerprint density at radius 2 is 2.33 bits per heavy atom. The fraction of sp³-hybridized carbons (Fsp3) is 0.200. The molecule has 0 saturated heterocycles. The second-order valence-corrected chi connectivity index (χ2v) is 2.11. The zero-order chi connectivity index (χ0) is 6.85. The van der Waals surface area contributed by atoms with Gasteiger partial charge >= 0.3 is 0 Å². The average molecular weight is 142 g/mol. The van der Waals surface area contributed by atoms with Gasteiger partial charge in [0.1, 0.15) is 5.03 Å². The molecule has 0 N–H and O–H groups in total. The molecule has 0 spiro atoms. The van der Waals surface area contributed by atoms with Gasteiger partial charge in [0.05, 0.1) is 0 Å². The van der Waals surface area contributed by atoms with Gasteiger partial charge in [0.2, 0.25) is 0 Å². The van der Waals surface area contributed by atoms with Gasteiger partial charge in [-0.2, -0.15) is 5.10 Å². The topological polar surface area (TPSA) is 34.9 Å². The monoisotopic (exact) mass is 142 g/mol. The molecule has 0 radical (unpaired) electrons. The van der Waals surface area contributed by atoms with Crippen molar-refractivity contribution >= 4 is 12.6 Å².